The van der Waals surface area contributed by atoms with Crippen LogP contribution >= 0.6 is 0 Å². The van der Waals surface area contributed by atoms with Crippen molar-refractivity contribution in [2.75, 3.05) is 5.32 Å². The summed E-state index contributed by atoms with van der Waals surface area (Å²) in [6, 6.07) is 14.6. The SMILES string of the molecule is c1ccc(-c2nnc3ccc(NC4CCCCC4)nn23)cc1. The van der Waals surface area contributed by atoms with Gasteiger partial charge in [-0.3, -0.25) is 0 Å². The maximum absolute atomic E-state index is 4.69. The van der Waals surface area contributed by atoms with Gasteiger partial charge in [0.05, 0.1) is 0 Å². The van der Waals surface area contributed by atoms with E-state index in [-0.39, 0.29) is 0 Å². The molecular weight excluding hydrogens is 274 g/mol. The Hall–Kier alpha value is -2.43. The van der Waals surface area contributed by atoms with Crippen LogP contribution in [-0.4, -0.2) is 25.9 Å². The third-order valence-electron chi connectivity index (χ3n) is 4.25. The van der Waals surface area contributed by atoms with Crippen LogP contribution in [-0.2, 0) is 0 Å². The number of fused-ring (bicyclic) bond motifs is 1. The molecule has 0 spiro atoms. The van der Waals surface area contributed by atoms with Gasteiger partial charge >= 0.3 is 0 Å². The third kappa shape index (κ3) is 2.54. The number of rotatable bonds is 3. The van der Waals surface area contributed by atoms with E-state index in [1.807, 2.05) is 47.0 Å². The maximum Gasteiger partial charge on any atom is 0.185 e. The summed E-state index contributed by atoms with van der Waals surface area (Å²) in [5.41, 5.74) is 1.80. The Bertz CT molecular complexity index is 759. The van der Waals surface area contributed by atoms with Crippen LogP contribution in [0.15, 0.2) is 42.5 Å². The Morgan fingerprint density at radius 1 is 0.909 bits per heavy atom. The molecule has 4 rings (SSSR count). The van der Waals surface area contributed by atoms with Crippen molar-refractivity contribution in [3.63, 3.8) is 0 Å². The average Bonchev–Trinajstić information content (AvgIpc) is 3.00. The number of benzene rings is 1. The minimum absolute atomic E-state index is 0.537. The first kappa shape index (κ1) is 13.2. The minimum atomic E-state index is 0.537. The molecular formula is C17H19N5. The predicted molar refractivity (Wildman–Crippen MR) is 86.7 cm³/mol. The van der Waals surface area contributed by atoms with Gasteiger partial charge in [-0.05, 0) is 25.0 Å². The van der Waals surface area contributed by atoms with Crippen LogP contribution in [0.4, 0.5) is 5.82 Å². The molecule has 1 aromatic carbocycles. The zero-order chi connectivity index (χ0) is 14.8. The highest BCUT2D eigenvalue weighted by molar-refractivity contribution is 5.59. The molecule has 22 heavy (non-hydrogen) atoms. The maximum atomic E-state index is 4.69. The standard InChI is InChI=1S/C17H19N5/c1-3-7-13(8-4-1)17-20-19-16-12-11-15(21-22(16)17)18-14-9-5-2-6-10-14/h1,3-4,7-8,11-12,14H,2,5-6,9-10H2,(H,18,21). The molecule has 3 aromatic rings. The number of nitrogens with one attached hydrogen (secondary N) is 1. The van der Waals surface area contributed by atoms with Gasteiger partial charge in [0.2, 0.25) is 0 Å². The fourth-order valence-electron chi connectivity index (χ4n) is 3.09. The highest BCUT2D eigenvalue weighted by atomic mass is 15.4. The van der Waals surface area contributed by atoms with Crippen LogP contribution in [0, 0.1) is 0 Å². The van der Waals surface area contributed by atoms with E-state index >= 15 is 0 Å². The van der Waals surface area contributed by atoms with E-state index in [0.29, 0.717) is 6.04 Å². The normalized spacial score (nSPS) is 16.0. The van der Waals surface area contributed by atoms with Crippen molar-refractivity contribution >= 4 is 11.5 Å². The van der Waals surface area contributed by atoms with E-state index in [4.69, 9.17) is 0 Å². The quantitative estimate of drug-likeness (QED) is 0.802. The van der Waals surface area contributed by atoms with E-state index in [1.54, 1.807) is 0 Å². The Morgan fingerprint density at radius 2 is 1.73 bits per heavy atom. The van der Waals surface area contributed by atoms with Gasteiger partial charge in [-0.2, -0.15) is 4.52 Å². The van der Waals surface area contributed by atoms with Gasteiger partial charge < -0.3 is 5.32 Å². The van der Waals surface area contributed by atoms with Crippen molar-refractivity contribution < 1.29 is 0 Å². The molecule has 2 heterocycles. The molecule has 5 heteroatoms. The molecule has 1 aliphatic carbocycles. The van der Waals surface area contributed by atoms with Gasteiger partial charge in [-0.25, -0.2) is 0 Å². The van der Waals surface area contributed by atoms with E-state index in [9.17, 15) is 0 Å². The monoisotopic (exact) mass is 293 g/mol. The molecule has 0 amide bonds. The van der Waals surface area contributed by atoms with Crippen molar-refractivity contribution in [2.45, 2.75) is 38.1 Å². The zero-order valence-electron chi connectivity index (χ0n) is 12.4. The Labute approximate surface area is 129 Å². The molecule has 0 bridgehead atoms. The average molecular weight is 293 g/mol. The van der Waals surface area contributed by atoms with Crippen molar-refractivity contribution in [1.29, 1.82) is 0 Å². The van der Waals surface area contributed by atoms with Crippen LogP contribution in [0.25, 0.3) is 17.0 Å². The molecule has 5 nitrogen and oxygen atoms in total. The summed E-state index contributed by atoms with van der Waals surface area (Å²) in [4.78, 5) is 0. The zero-order valence-corrected chi connectivity index (χ0v) is 12.4. The van der Waals surface area contributed by atoms with Crippen molar-refractivity contribution in [3.05, 3.63) is 42.5 Å². The van der Waals surface area contributed by atoms with Crippen LogP contribution in [0.2, 0.25) is 0 Å². The molecule has 0 atom stereocenters. The van der Waals surface area contributed by atoms with Gasteiger partial charge in [0.15, 0.2) is 11.5 Å². The summed E-state index contributed by atoms with van der Waals surface area (Å²) in [5.74, 6) is 1.68. The number of hydrogen-bond acceptors (Lipinski definition) is 4. The molecule has 0 saturated heterocycles. The van der Waals surface area contributed by atoms with Crippen LogP contribution < -0.4 is 5.32 Å². The Balaban J connectivity index is 1.67. The molecule has 2 aromatic heterocycles. The predicted octanol–water partition coefficient (Wildman–Crippen LogP) is 3.54. The van der Waals surface area contributed by atoms with Gasteiger partial charge in [0.1, 0.15) is 5.82 Å². The van der Waals surface area contributed by atoms with Crippen LogP contribution in [0.1, 0.15) is 32.1 Å². The fraction of sp³-hybridized carbons (Fsp3) is 0.353. The second-order valence-electron chi connectivity index (χ2n) is 5.86. The first-order chi connectivity index (χ1) is 10.9. The molecule has 1 N–H and O–H groups in total. The lowest BCUT2D eigenvalue weighted by Crippen LogP contribution is -2.23. The molecule has 1 aliphatic rings. The molecule has 0 aliphatic heterocycles. The molecule has 0 radical (unpaired) electrons. The lowest BCUT2D eigenvalue weighted by atomic mass is 9.95. The Morgan fingerprint density at radius 3 is 2.55 bits per heavy atom. The van der Waals surface area contributed by atoms with Crippen LogP contribution in [0.3, 0.4) is 0 Å². The van der Waals surface area contributed by atoms with E-state index < -0.39 is 0 Å². The second-order valence-corrected chi connectivity index (χ2v) is 5.86. The summed E-state index contributed by atoms with van der Waals surface area (Å²) in [6.45, 7) is 0. The number of hydrogen-bond donors (Lipinski definition) is 1. The van der Waals surface area contributed by atoms with Crippen LogP contribution in [0.5, 0.6) is 0 Å². The summed E-state index contributed by atoms with van der Waals surface area (Å²) >= 11 is 0. The second kappa shape index (κ2) is 5.75. The number of anilines is 1. The van der Waals surface area contributed by atoms with Crippen molar-refractivity contribution in [2.24, 2.45) is 0 Å². The first-order valence-corrected chi connectivity index (χ1v) is 7.94. The van der Waals surface area contributed by atoms with E-state index in [0.717, 1.165) is 22.9 Å². The molecule has 112 valence electrons. The van der Waals surface area contributed by atoms with Gasteiger partial charge in [-0.15, -0.1) is 15.3 Å². The topological polar surface area (TPSA) is 55.1 Å². The highest BCUT2D eigenvalue weighted by Crippen LogP contribution is 2.22. The number of aromatic nitrogens is 4. The summed E-state index contributed by atoms with van der Waals surface area (Å²) in [5, 5.41) is 16.7. The van der Waals surface area contributed by atoms with Crippen molar-refractivity contribution in [3.8, 4) is 11.4 Å². The fourth-order valence-corrected chi connectivity index (χ4v) is 3.09. The highest BCUT2D eigenvalue weighted by Gasteiger charge is 2.15. The van der Waals surface area contributed by atoms with Gasteiger partial charge in [0.25, 0.3) is 0 Å². The lowest BCUT2D eigenvalue weighted by Gasteiger charge is -2.23. The smallest absolute Gasteiger partial charge is 0.185 e. The molecule has 0 unspecified atom stereocenters. The lowest BCUT2D eigenvalue weighted by molar-refractivity contribution is 0.461. The van der Waals surface area contributed by atoms with E-state index in [1.165, 1.54) is 32.1 Å². The van der Waals surface area contributed by atoms with Gasteiger partial charge in [-0.1, -0.05) is 49.6 Å². The summed E-state index contributed by atoms with van der Waals surface area (Å²) < 4.78 is 1.82. The number of nitrogens with zero attached hydrogens (tertiary/aromatic N) is 4. The molecule has 1 saturated carbocycles. The van der Waals surface area contributed by atoms with E-state index in [2.05, 4.69) is 20.6 Å². The summed E-state index contributed by atoms with van der Waals surface area (Å²) in [6.07, 6.45) is 6.43. The largest absolute Gasteiger partial charge is 0.366 e. The van der Waals surface area contributed by atoms with Crippen molar-refractivity contribution in [1.82, 2.24) is 19.8 Å². The first-order valence-electron chi connectivity index (χ1n) is 7.94. The molecule has 1 fully saturated rings. The Kier molecular flexibility index (Phi) is 3.46. The third-order valence-corrected chi connectivity index (χ3v) is 4.25. The minimum Gasteiger partial charge on any atom is -0.366 e. The van der Waals surface area contributed by atoms with Gasteiger partial charge in [0, 0.05) is 11.6 Å². The summed E-state index contributed by atoms with van der Waals surface area (Å²) in [7, 11) is 0.